The molecule has 0 aliphatic rings. The van der Waals surface area contributed by atoms with Gasteiger partial charge in [0, 0.05) is 11.8 Å². The standard InChI is InChI=1S/C11H7F6NO2/c12-10(13,14)8-5(2-4-7(19)20)1-3-6(18)9(8)11(15,16)17/h1-4H,18H2,(H,19,20)/b4-2+. The highest BCUT2D eigenvalue weighted by Gasteiger charge is 2.46. The van der Waals surface area contributed by atoms with Gasteiger partial charge in [-0.1, -0.05) is 6.07 Å². The van der Waals surface area contributed by atoms with Crippen molar-refractivity contribution in [3.63, 3.8) is 0 Å². The van der Waals surface area contributed by atoms with Gasteiger partial charge in [-0.05, 0) is 17.7 Å². The summed E-state index contributed by atoms with van der Waals surface area (Å²) in [7, 11) is 0. The molecule has 110 valence electrons. The minimum Gasteiger partial charge on any atom is -0.478 e. The summed E-state index contributed by atoms with van der Waals surface area (Å²) in [6, 6.07) is 1.31. The summed E-state index contributed by atoms with van der Waals surface area (Å²) in [5.41, 5.74) is -1.09. The van der Waals surface area contributed by atoms with Gasteiger partial charge in [-0.2, -0.15) is 26.3 Å². The highest BCUT2D eigenvalue weighted by Crippen LogP contribution is 2.45. The molecule has 0 spiro atoms. The van der Waals surface area contributed by atoms with Crippen LogP contribution in [0.4, 0.5) is 32.0 Å². The van der Waals surface area contributed by atoms with Crippen LogP contribution in [0.2, 0.25) is 0 Å². The molecule has 0 unspecified atom stereocenters. The first-order chi connectivity index (χ1) is 8.94. The van der Waals surface area contributed by atoms with Gasteiger partial charge in [0.1, 0.15) is 0 Å². The van der Waals surface area contributed by atoms with E-state index in [9.17, 15) is 31.1 Å². The zero-order valence-corrected chi connectivity index (χ0v) is 9.51. The lowest BCUT2D eigenvalue weighted by Gasteiger charge is -2.19. The number of aliphatic carboxylic acids is 1. The van der Waals surface area contributed by atoms with Gasteiger partial charge in [-0.25, -0.2) is 4.79 Å². The number of carboxylic acids is 1. The molecule has 0 aliphatic heterocycles. The van der Waals surface area contributed by atoms with Crippen LogP contribution in [-0.4, -0.2) is 11.1 Å². The Hall–Kier alpha value is -2.19. The fourth-order valence-corrected chi connectivity index (χ4v) is 1.55. The number of carboxylic acid groups (broad SMARTS) is 1. The van der Waals surface area contributed by atoms with Crippen LogP contribution in [0, 0.1) is 0 Å². The van der Waals surface area contributed by atoms with Crippen molar-refractivity contribution in [2.45, 2.75) is 12.4 Å². The first-order valence-electron chi connectivity index (χ1n) is 4.92. The Bertz CT molecular complexity index is 559. The van der Waals surface area contributed by atoms with Crippen LogP contribution in [0.1, 0.15) is 16.7 Å². The normalized spacial score (nSPS) is 12.9. The summed E-state index contributed by atoms with van der Waals surface area (Å²) in [6.07, 6.45) is -9.92. The molecule has 20 heavy (non-hydrogen) atoms. The molecule has 0 fully saturated rings. The van der Waals surface area contributed by atoms with Crippen molar-refractivity contribution in [3.8, 4) is 0 Å². The molecule has 0 radical (unpaired) electrons. The molecule has 0 amide bonds. The monoisotopic (exact) mass is 299 g/mol. The largest absolute Gasteiger partial charge is 0.478 e. The van der Waals surface area contributed by atoms with Crippen molar-refractivity contribution in [2.75, 3.05) is 5.73 Å². The summed E-state index contributed by atoms with van der Waals surface area (Å²) in [5, 5.41) is 8.34. The van der Waals surface area contributed by atoms with Crippen LogP contribution in [-0.2, 0) is 17.1 Å². The second kappa shape index (κ2) is 5.06. The van der Waals surface area contributed by atoms with Crippen molar-refractivity contribution in [1.29, 1.82) is 0 Å². The molecule has 0 saturated heterocycles. The SMILES string of the molecule is Nc1ccc(/C=C/C(=O)O)c(C(F)(F)F)c1C(F)(F)F. The number of halogens is 6. The third-order valence-corrected chi connectivity index (χ3v) is 2.24. The van der Waals surface area contributed by atoms with E-state index in [1.807, 2.05) is 0 Å². The maximum Gasteiger partial charge on any atom is 0.419 e. The van der Waals surface area contributed by atoms with E-state index in [-0.39, 0.29) is 0 Å². The number of hydrogen-bond donors (Lipinski definition) is 2. The predicted octanol–water partition coefficient (Wildman–Crippen LogP) is 3.40. The third kappa shape index (κ3) is 3.43. The van der Waals surface area contributed by atoms with E-state index in [4.69, 9.17) is 10.8 Å². The zero-order chi connectivity index (χ0) is 15.7. The lowest BCUT2D eigenvalue weighted by Crippen LogP contribution is -2.20. The molecule has 1 rings (SSSR count). The highest BCUT2D eigenvalue weighted by molar-refractivity contribution is 5.86. The molecular formula is C11H7F6NO2. The molecular weight excluding hydrogens is 292 g/mol. The first kappa shape index (κ1) is 15.9. The predicted molar refractivity (Wildman–Crippen MR) is 57.5 cm³/mol. The lowest BCUT2D eigenvalue weighted by molar-refractivity contribution is -0.161. The van der Waals surface area contributed by atoms with E-state index in [1.165, 1.54) is 0 Å². The lowest BCUT2D eigenvalue weighted by atomic mass is 9.97. The number of carbonyl (C=O) groups is 1. The fourth-order valence-electron chi connectivity index (χ4n) is 1.55. The van der Waals surface area contributed by atoms with Crippen LogP contribution in [0.3, 0.4) is 0 Å². The summed E-state index contributed by atoms with van der Waals surface area (Å²) < 4.78 is 76.5. The van der Waals surface area contributed by atoms with Crippen LogP contribution in [0.15, 0.2) is 18.2 Å². The number of nitrogen functional groups attached to an aromatic ring is 1. The fraction of sp³-hybridized carbons (Fsp3) is 0.182. The van der Waals surface area contributed by atoms with Crippen molar-refractivity contribution in [1.82, 2.24) is 0 Å². The molecule has 0 heterocycles. The molecule has 0 saturated carbocycles. The molecule has 9 heteroatoms. The van der Waals surface area contributed by atoms with Crippen molar-refractivity contribution >= 4 is 17.7 Å². The Morgan fingerprint density at radius 1 is 1.05 bits per heavy atom. The number of anilines is 1. The Labute approximate surface area is 108 Å². The second-order valence-corrected chi connectivity index (χ2v) is 3.66. The van der Waals surface area contributed by atoms with Crippen LogP contribution < -0.4 is 5.73 Å². The summed E-state index contributed by atoms with van der Waals surface area (Å²) in [4.78, 5) is 10.3. The number of nitrogens with two attached hydrogens (primary N) is 1. The molecule has 0 atom stereocenters. The number of alkyl halides is 6. The minimum atomic E-state index is -5.33. The smallest absolute Gasteiger partial charge is 0.419 e. The maximum absolute atomic E-state index is 12.8. The average molecular weight is 299 g/mol. The van der Waals surface area contributed by atoms with Gasteiger partial charge in [0.2, 0.25) is 0 Å². The Kier molecular flexibility index (Phi) is 4.02. The van der Waals surface area contributed by atoms with E-state index in [2.05, 4.69) is 0 Å². The van der Waals surface area contributed by atoms with Gasteiger partial charge in [-0.3, -0.25) is 0 Å². The Balaban J connectivity index is 3.68. The molecule has 0 aliphatic carbocycles. The van der Waals surface area contributed by atoms with Gasteiger partial charge in [0.15, 0.2) is 0 Å². The van der Waals surface area contributed by atoms with Gasteiger partial charge in [0.05, 0.1) is 11.1 Å². The summed E-state index contributed by atoms with van der Waals surface area (Å²) >= 11 is 0. The van der Waals surface area contributed by atoms with E-state index < -0.39 is 40.7 Å². The van der Waals surface area contributed by atoms with Gasteiger partial charge in [0.25, 0.3) is 0 Å². The van der Waals surface area contributed by atoms with Gasteiger partial charge >= 0.3 is 18.3 Å². The Morgan fingerprint density at radius 3 is 1.95 bits per heavy atom. The van der Waals surface area contributed by atoms with Crippen molar-refractivity contribution in [2.24, 2.45) is 0 Å². The molecule has 1 aromatic carbocycles. The summed E-state index contributed by atoms with van der Waals surface area (Å²) in [6.45, 7) is 0. The Morgan fingerprint density at radius 2 is 1.55 bits per heavy atom. The highest BCUT2D eigenvalue weighted by atomic mass is 19.4. The number of hydrogen-bond acceptors (Lipinski definition) is 2. The quantitative estimate of drug-likeness (QED) is 0.500. The van der Waals surface area contributed by atoms with Crippen molar-refractivity contribution in [3.05, 3.63) is 34.9 Å². The number of rotatable bonds is 2. The number of benzene rings is 1. The van der Waals surface area contributed by atoms with E-state index in [0.717, 1.165) is 0 Å². The van der Waals surface area contributed by atoms with Crippen LogP contribution in [0.5, 0.6) is 0 Å². The third-order valence-electron chi connectivity index (χ3n) is 2.24. The van der Waals surface area contributed by atoms with E-state index in [1.54, 1.807) is 0 Å². The zero-order valence-electron chi connectivity index (χ0n) is 9.51. The first-order valence-corrected chi connectivity index (χ1v) is 4.92. The van der Waals surface area contributed by atoms with Crippen LogP contribution in [0.25, 0.3) is 6.08 Å². The van der Waals surface area contributed by atoms with Gasteiger partial charge < -0.3 is 10.8 Å². The molecule has 3 nitrogen and oxygen atoms in total. The average Bonchev–Trinajstić information content (AvgIpc) is 2.23. The molecule has 1 aromatic rings. The molecule has 3 N–H and O–H groups in total. The van der Waals surface area contributed by atoms with Crippen molar-refractivity contribution < 1.29 is 36.2 Å². The van der Waals surface area contributed by atoms with Gasteiger partial charge in [-0.15, -0.1) is 0 Å². The molecule has 0 aromatic heterocycles. The van der Waals surface area contributed by atoms with E-state index in [0.29, 0.717) is 24.3 Å². The molecule has 0 bridgehead atoms. The second-order valence-electron chi connectivity index (χ2n) is 3.66. The summed E-state index contributed by atoms with van der Waals surface area (Å²) in [5.74, 6) is -1.59. The van der Waals surface area contributed by atoms with Crippen LogP contribution >= 0.6 is 0 Å². The minimum absolute atomic E-state index is 0.306. The van der Waals surface area contributed by atoms with E-state index >= 15 is 0 Å². The topological polar surface area (TPSA) is 63.3 Å². The maximum atomic E-state index is 12.8.